The van der Waals surface area contributed by atoms with Crippen molar-refractivity contribution < 1.29 is 9.13 Å². The first-order valence-electron chi connectivity index (χ1n) is 4.58. The molecule has 0 spiro atoms. The predicted molar refractivity (Wildman–Crippen MR) is 54.5 cm³/mol. The van der Waals surface area contributed by atoms with E-state index >= 15 is 0 Å². The van der Waals surface area contributed by atoms with E-state index in [2.05, 4.69) is 0 Å². The fourth-order valence-electron chi connectivity index (χ4n) is 1.51. The molecule has 1 aromatic heterocycles. The molecule has 1 aliphatic rings. The van der Waals surface area contributed by atoms with E-state index < -0.39 is 0 Å². The van der Waals surface area contributed by atoms with Crippen molar-refractivity contribution >= 4 is 11.3 Å². The molecule has 76 valence electrons. The van der Waals surface area contributed by atoms with Crippen molar-refractivity contribution in [3.05, 3.63) is 34.0 Å². The van der Waals surface area contributed by atoms with Gasteiger partial charge in [-0.15, -0.1) is 11.3 Å². The molecule has 2 heterocycles. The van der Waals surface area contributed by atoms with E-state index in [1.807, 2.05) is 0 Å². The van der Waals surface area contributed by atoms with Crippen LogP contribution >= 0.6 is 11.3 Å². The maximum Gasteiger partial charge on any atom is 0.139 e. The molecule has 1 atom stereocenters. The lowest BCUT2D eigenvalue weighted by Crippen LogP contribution is -2.16. The molecule has 1 unspecified atom stereocenters. The van der Waals surface area contributed by atoms with Crippen LogP contribution in [-0.2, 0) is 4.74 Å². The van der Waals surface area contributed by atoms with Gasteiger partial charge in [-0.05, 0) is 29.9 Å². The molecule has 14 heavy (non-hydrogen) atoms. The molecule has 1 aliphatic heterocycles. The molecule has 2 nitrogen and oxygen atoms in total. The highest BCUT2D eigenvalue weighted by atomic mass is 32.1. The summed E-state index contributed by atoms with van der Waals surface area (Å²) in [6, 6.07) is 1.11. The van der Waals surface area contributed by atoms with E-state index in [4.69, 9.17) is 10.5 Å². The van der Waals surface area contributed by atoms with Gasteiger partial charge in [-0.25, -0.2) is 4.39 Å². The molecule has 0 saturated carbocycles. The lowest BCUT2D eigenvalue weighted by Gasteiger charge is -2.18. The van der Waals surface area contributed by atoms with E-state index in [0.717, 1.165) is 25.0 Å². The van der Waals surface area contributed by atoms with Crippen LogP contribution in [0.5, 0.6) is 0 Å². The summed E-state index contributed by atoms with van der Waals surface area (Å²) in [4.78, 5) is 0.599. The van der Waals surface area contributed by atoms with Crippen LogP contribution in [0.15, 0.2) is 23.3 Å². The Bertz CT molecular complexity index is 348. The highest BCUT2D eigenvalue weighted by Crippen LogP contribution is 2.30. The maximum absolute atomic E-state index is 13.2. The van der Waals surface area contributed by atoms with Crippen molar-refractivity contribution in [1.82, 2.24) is 0 Å². The van der Waals surface area contributed by atoms with Gasteiger partial charge in [-0.2, -0.15) is 0 Å². The Morgan fingerprint density at radius 3 is 3.00 bits per heavy atom. The van der Waals surface area contributed by atoms with Crippen LogP contribution < -0.4 is 5.73 Å². The first kappa shape index (κ1) is 9.68. The molecule has 0 bridgehead atoms. The van der Waals surface area contributed by atoms with Crippen LogP contribution in [0.1, 0.15) is 23.8 Å². The second-order valence-electron chi connectivity index (χ2n) is 3.28. The number of hydrogen-bond acceptors (Lipinski definition) is 3. The van der Waals surface area contributed by atoms with Crippen molar-refractivity contribution in [3.63, 3.8) is 0 Å². The molecule has 0 aliphatic carbocycles. The lowest BCUT2D eigenvalue weighted by atomic mass is 10.0. The fourth-order valence-corrected chi connectivity index (χ4v) is 2.32. The normalized spacial score (nSPS) is 18.6. The molecule has 0 radical (unpaired) electrons. The van der Waals surface area contributed by atoms with E-state index in [1.165, 1.54) is 17.4 Å². The monoisotopic (exact) mass is 213 g/mol. The summed E-state index contributed by atoms with van der Waals surface area (Å²) in [6.07, 6.45) is 3.54. The van der Waals surface area contributed by atoms with E-state index in [9.17, 15) is 4.39 Å². The Hall–Kier alpha value is -0.870. The van der Waals surface area contributed by atoms with Crippen molar-refractivity contribution in [2.45, 2.75) is 18.9 Å². The number of halogens is 1. The predicted octanol–water partition coefficient (Wildman–Crippen LogP) is 2.58. The van der Waals surface area contributed by atoms with Crippen LogP contribution in [-0.4, -0.2) is 6.61 Å². The van der Waals surface area contributed by atoms with Gasteiger partial charge in [0.05, 0.1) is 23.8 Å². The summed E-state index contributed by atoms with van der Waals surface area (Å²) < 4.78 is 18.4. The van der Waals surface area contributed by atoms with Crippen LogP contribution in [0.4, 0.5) is 4.39 Å². The summed E-state index contributed by atoms with van der Waals surface area (Å²) >= 11 is 1.35. The Labute approximate surface area is 86.2 Å². The van der Waals surface area contributed by atoms with Gasteiger partial charge >= 0.3 is 0 Å². The third kappa shape index (κ3) is 1.81. The third-order valence-corrected chi connectivity index (χ3v) is 3.26. The number of rotatable bonds is 2. The van der Waals surface area contributed by atoms with Crippen LogP contribution in [0.3, 0.4) is 0 Å². The third-order valence-electron chi connectivity index (χ3n) is 2.29. The van der Waals surface area contributed by atoms with Crippen LogP contribution in [0.2, 0.25) is 0 Å². The van der Waals surface area contributed by atoms with Gasteiger partial charge in [-0.3, -0.25) is 0 Å². The van der Waals surface area contributed by atoms with E-state index in [1.54, 1.807) is 11.6 Å². The van der Waals surface area contributed by atoms with Crippen molar-refractivity contribution in [1.29, 1.82) is 0 Å². The summed E-state index contributed by atoms with van der Waals surface area (Å²) in [7, 11) is 0. The fraction of sp³-hybridized carbons (Fsp3) is 0.400. The zero-order valence-electron chi connectivity index (χ0n) is 7.70. The molecule has 0 fully saturated rings. The lowest BCUT2D eigenvalue weighted by molar-refractivity contribution is 0.221. The van der Waals surface area contributed by atoms with Gasteiger partial charge in [-0.1, -0.05) is 0 Å². The molecule has 1 aromatic rings. The number of ether oxygens (including phenoxy) is 1. The minimum atomic E-state index is -0.338. The van der Waals surface area contributed by atoms with Gasteiger partial charge < -0.3 is 10.5 Å². The molecule has 2 rings (SSSR count). The largest absolute Gasteiger partial charge is 0.501 e. The highest BCUT2D eigenvalue weighted by Gasteiger charge is 2.19. The molecular weight excluding hydrogens is 201 g/mol. The quantitative estimate of drug-likeness (QED) is 0.819. The summed E-state index contributed by atoms with van der Waals surface area (Å²) in [5, 5.41) is 1.72. The topological polar surface area (TPSA) is 35.2 Å². The van der Waals surface area contributed by atoms with Gasteiger partial charge in [0, 0.05) is 0 Å². The molecule has 2 N–H and O–H groups in total. The van der Waals surface area contributed by atoms with Crippen LogP contribution in [0, 0.1) is 5.82 Å². The minimum Gasteiger partial charge on any atom is -0.501 e. The van der Waals surface area contributed by atoms with Crippen molar-refractivity contribution in [2.75, 3.05) is 6.61 Å². The standard InChI is InChI=1S/C10H12FNOS/c11-8-3-5-14-10(8)9(12)7-2-1-4-13-6-7/h3,5-6,9H,1-2,4,12H2. The SMILES string of the molecule is NC(C1=COCCC1)c1sccc1F. The van der Waals surface area contributed by atoms with Crippen molar-refractivity contribution in [3.8, 4) is 0 Å². The van der Waals surface area contributed by atoms with E-state index in [-0.39, 0.29) is 11.9 Å². The molecular formula is C10H12FNOS. The first-order chi connectivity index (χ1) is 6.79. The summed E-state index contributed by atoms with van der Waals surface area (Å²) in [5.41, 5.74) is 6.92. The second-order valence-corrected chi connectivity index (χ2v) is 4.23. The van der Waals surface area contributed by atoms with Gasteiger partial charge in [0.15, 0.2) is 0 Å². The molecule has 4 heteroatoms. The maximum atomic E-state index is 13.2. The average Bonchev–Trinajstić information content (AvgIpc) is 2.65. The number of thiophene rings is 1. The Balaban J connectivity index is 2.19. The number of nitrogens with two attached hydrogens (primary N) is 1. The second kappa shape index (κ2) is 4.11. The molecule has 0 amide bonds. The Morgan fingerprint density at radius 2 is 2.43 bits per heavy atom. The van der Waals surface area contributed by atoms with E-state index in [0.29, 0.717) is 4.88 Å². The average molecular weight is 213 g/mol. The van der Waals surface area contributed by atoms with Gasteiger partial charge in [0.1, 0.15) is 5.82 Å². The Morgan fingerprint density at radius 1 is 1.57 bits per heavy atom. The van der Waals surface area contributed by atoms with Gasteiger partial charge in [0.2, 0.25) is 0 Å². The first-order valence-corrected chi connectivity index (χ1v) is 5.46. The summed E-state index contributed by atoms with van der Waals surface area (Å²) in [5.74, 6) is -0.214. The summed E-state index contributed by atoms with van der Waals surface area (Å²) in [6.45, 7) is 0.739. The molecule has 0 aromatic carbocycles. The highest BCUT2D eigenvalue weighted by molar-refractivity contribution is 7.10. The smallest absolute Gasteiger partial charge is 0.139 e. The van der Waals surface area contributed by atoms with Crippen LogP contribution in [0.25, 0.3) is 0 Å². The zero-order valence-corrected chi connectivity index (χ0v) is 8.52. The number of hydrogen-bond donors (Lipinski definition) is 1. The zero-order chi connectivity index (χ0) is 9.97. The van der Waals surface area contributed by atoms with Crippen molar-refractivity contribution in [2.24, 2.45) is 5.73 Å². The van der Waals surface area contributed by atoms with Gasteiger partial charge in [0.25, 0.3) is 0 Å². The minimum absolute atomic E-state index is 0.214. The Kier molecular flexibility index (Phi) is 2.84. The molecule has 0 saturated heterocycles.